The van der Waals surface area contributed by atoms with E-state index >= 15 is 0 Å². The number of hydrogen-bond acceptors (Lipinski definition) is 1. The molecule has 1 aromatic carbocycles. The van der Waals surface area contributed by atoms with E-state index < -0.39 is 12.0 Å². The molecule has 1 rings (SSSR count). The minimum absolute atomic E-state index is 0.0704. The molecule has 0 bridgehead atoms. The van der Waals surface area contributed by atoms with Crippen molar-refractivity contribution in [3.63, 3.8) is 0 Å². The molecule has 0 spiro atoms. The number of halogens is 2. The molecule has 1 aromatic rings. The van der Waals surface area contributed by atoms with Crippen LogP contribution >= 0.6 is 0 Å². The van der Waals surface area contributed by atoms with Crippen molar-refractivity contribution in [2.24, 2.45) is 5.73 Å². The van der Waals surface area contributed by atoms with E-state index in [1.54, 1.807) is 32.9 Å². The van der Waals surface area contributed by atoms with Crippen LogP contribution in [0, 0.1) is 6.92 Å². The first-order valence-corrected chi connectivity index (χ1v) is 4.50. The summed E-state index contributed by atoms with van der Waals surface area (Å²) in [6, 6.07) is 4.96. The third-order valence-electron chi connectivity index (χ3n) is 2.26. The average molecular weight is 199 g/mol. The minimum Gasteiger partial charge on any atom is -0.322 e. The molecule has 0 aliphatic carbocycles. The largest absolute Gasteiger partial charge is 0.322 e. The second-order valence-corrected chi connectivity index (χ2v) is 4.09. The first-order chi connectivity index (χ1) is 6.32. The van der Waals surface area contributed by atoms with E-state index in [1.165, 1.54) is 6.07 Å². The van der Waals surface area contributed by atoms with E-state index in [4.69, 9.17) is 5.73 Å². The fraction of sp³-hybridized carbons (Fsp3) is 0.455. The highest BCUT2D eigenvalue weighted by Crippen LogP contribution is 2.27. The van der Waals surface area contributed by atoms with Gasteiger partial charge in [0.25, 0.3) is 6.43 Å². The molecule has 0 heterocycles. The molecule has 14 heavy (non-hydrogen) atoms. The lowest BCUT2D eigenvalue weighted by Gasteiger charge is -2.20. The highest BCUT2D eigenvalue weighted by atomic mass is 19.3. The molecule has 0 aromatic heterocycles. The minimum atomic E-state index is -2.43. The van der Waals surface area contributed by atoms with Gasteiger partial charge in [-0.25, -0.2) is 8.78 Å². The number of alkyl halides is 2. The van der Waals surface area contributed by atoms with E-state index in [0.717, 1.165) is 5.56 Å². The zero-order valence-corrected chi connectivity index (χ0v) is 8.64. The van der Waals surface area contributed by atoms with Crippen molar-refractivity contribution in [1.82, 2.24) is 0 Å². The van der Waals surface area contributed by atoms with Crippen molar-refractivity contribution in [3.05, 3.63) is 34.9 Å². The molecule has 2 N–H and O–H groups in total. The molecule has 0 unspecified atom stereocenters. The van der Waals surface area contributed by atoms with Gasteiger partial charge in [0.1, 0.15) is 0 Å². The summed E-state index contributed by atoms with van der Waals surface area (Å²) in [5.41, 5.74) is 6.67. The van der Waals surface area contributed by atoms with Crippen LogP contribution in [0.2, 0.25) is 0 Å². The quantitative estimate of drug-likeness (QED) is 0.778. The normalized spacial score (nSPS) is 12.2. The number of aryl methyl sites for hydroxylation is 1. The molecule has 3 heteroatoms. The van der Waals surface area contributed by atoms with E-state index in [0.29, 0.717) is 5.56 Å². The Hall–Kier alpha value is -0.960. The molecule has 0 atom stereocenters. The summed E-state index contributed by atoms with van der Waals surface area (Å²) >= 11 is 0. The van der Waals surface area contributed by atoms with E-state index in [2.05, 4.69) is 0 Å². The van der Waals surface area contributed by atoms with Crippen LogP contribution in [0.5, 0.6) is 0 Å². The summed E-state index contributed by atoms with van der Waals surface area (Å²) < 4.78 is 25.1. The molecule has 0 aliphatic heterocycles. The molecule has 1 nitrogen and oxygen atoms in total. The topological polar surface area (TPSA) is 26.0 Å². The second-order valence-electron chi connectivity index (χ2n) is 4.09. The number of benzene rings is 1. The Morgan fingerprint density at radius 3 is 2.29 bits per heavy atom. The predicted molar refractivity (Wildman–Crippen MR) is 53.3 cm³/mol. The third kappa shape index (κ3) is 2.29. The van der Waals surface area contributed by atoms with E-state index in [1.807, 2.05) is 0 Å². The van der Waals surface area contributed by atoms with Crippen molar-refractivity contribution >= 4 is 0 Å². The molecule has 0 radical (unpaired) electrons. The first kappa shape index (κ1) is 11.1. The Balaban J connectivity index is 3.20. The highest BCUT2D eigenvalue weighted by Gasteiger charge is 2.18. The molecule has 0 saturated carbocycles. The molecule has 0 amide bonds. The van der Waals surface area contributed by atoms with E-state index in [9.17, 15) is 8.78 Å². The Labute approximate surface area is 82.9 Å². The van der Waals surface area contributed by atoms with Crippen molar-refractivity contribution in [1.29, 1.82) is 0 Å². The summed E-state index contributed by atoms with van der Waals surface area (Å²) in [5, 5.41) is 0. The van der Waals surface area contributed by atoms with Gasteiger partial charge in [0.05, 0.1) is 0 Å². The molecule has 78 valence electrons. The highest BCUT2D eigenvalue weighted by molar-refractivity contribution is 5.34. The van der Waals surface area contributed by atoms with Crippen molar-refractivity contribution < 1.29 is 8.78 Å². The van der Waals surface area contributed by atoms with Crippen LogP contribution in [0.4, 0.5) is 8.78 Å². The predicted octanol–water partition coefficient (Wildman–Crippen LogP) is 3.13. The summed E-state index contributed by atoms with van der Waals surface area (Å²) in [4.78, 5) is 0. The van der Waals surface area contributed by atoms with Crippen LogP contribution in [0.1, 0.15) is 37.0 Å². The van der Waals surface area contributed by atoms with Crippen LogP contribution in [-0.4, -0.2) is 0 Å². The summed E-state index contributed by atoms with van der Waals surface area (Å²) in [5.74, 6) is 0. The van der Waals surface area contributed by atoms with Gasteiger partial charge in [-0.2, -0.15) is 0 Å². The lowest BCUT2D eigenvalue weighted by molar-refractivity contribution is 0.150. The van der Waals surface area contributed by atoms with Crippen LogP contribution < -0.4 is 5.73 Å². The standard InChI is InChI=1S/C11H15F2N/c1-7-4-5-8(11(2,3)14)6-9(7)10(12)13/h4-6,10H,14H2,1-3H3. The zero-order valence-electron chi connectivity index (χ0n) is 8.64. The van der Waals surface area contributed by atoms with Gasteiger partial charge in [-0.15, -0.1) is 0 Å². The van der Waals surface area contributed by atoms with Crippen LogP contribution in [0.15, 0.2) is 18.2 Å². The fourth-order valence-corrected chi connectivity index (χ4v) is 1.28. The van der Waals surface area contributed by atoms with Gasteiger partial charge in [0.2, 0.25) is 0 Å². The number of nitrogens with two attached hydrogens (primary N) is 1. The number of hydrogen-bond donors (Lipinski definition) is 1. The van der Waals surface area contributed by atoms with Crippen molar-refractivity contribution in [2.45, 2.75) is 32.7 Å². The molecule has 0 saturated heterocycles. The Bertz CT molecular complexity index is 327. The van der Waals surface area contributed by atoms with Gasteiger partial charge in [0, 0.05) is 11.1 Å². The van der Waals surface area contributed by atoms with Gasteiger partial charge >= 0.3 is 0 Å². The molecular formula is C11H15F2N. The van der Waals surface area contributed by atoms with Crippen LogP contribution in [-0.2, 0) is 5.54 Å². The molecule has 0 fully saturated rings. The molecule has 0 aliphatic rings. The maximum Gasteiger partial charge on any atom is 0.264 e. The van der Waals surface area contributed by atoms with Gasteiger partial charge < -0.3 is 5.73 Å². The Morgan fingerprint density at radius 1 is 1.29 bits per heavy atom. The summed E-state index contributed by atoms with van der Waals surface area (Å²) in [7, 11) is 0. The van der Waals surface area contributed by atoms with Gasteiger partial charge in [0.15, 0.2) is 0 Å². The third-order valence-corrected chi connectivity index (χ3v) is 2.26. The SMILES string of the molecule is Cc1ccc(C(C)(C)N)cc1C(F)F. The lowest BCUT2D eigenvalue weighted by Crippen LogP contribution is -2.28. The monoisotopic (exact) mass is 199 g/mol. The van der Waals surface area contributed by atoms with Gasteiger partial charge in [-0.1, -0.05) is 12.1 Å². The lowest BCUT2D eigenvalue weighted by atomic mass is 9.92. The van der Waals surface area contributed by atoms with Crippen molar-refractivity contribution in [3.8, 4) is 0 Å². The molecular weight excluding hydrogens is 184 g/mol. The maximum absolute atomic E-state index is 12.6. The maximum atomic E-state index is 12.6. The zero-order chi connectivity index (χ0) is 10.9. The van der Waals surface area contributed by atoms with Gasteiger partial charge in [-0.05, 0) is 38.0 Å². The first-order valence-electron chi connectivity index (χ1n) is 4.50. The van der Waals surface area contributed by atoms with E-state index in [-0.39, 0.29) is 5.56 Å². The van der Waals surface area contributed by atoms with Gasteiger partial charge in [-0.3, -0.25) is 0 Å². The smallest absolute Gasteiger partial charge is 0.264 e. The van der Waals surface area contributed by atoms with Crippen LogP contribution in [0.25, 0.3) is 0 Å². The Kier molecular flexibility index (Phi) is 2.90. The summed E-state index contributed by atoms with van der Waals surface area (Å²) in [6.45, 7) is 5.27. The number of rotatable bonds is 2. The van der Waals surface area contributed by atoms with Crippen molar-refractivity contribution in [2.75, 3.05) is 0 Å². The fourth-order valence-electron chi connectivity index (χ4n) is 1.28. The second kappa shape index (κ2) is 3.65. The Morgan fingerprint density at radius 2 is 1.86 bits per heavy atom. The van der Waals surface area contributed by atoms with Crippen LogP contribution in [0.3, 0.4) is 0 Å². The average Bonchev–Trinajstić information content (AvgIpc) is 2.02. The summed E-state index contributed by atoms with van der Waals surface area (Å²) in [6.07, 6.45) is -2.43.